The van der Waals surface area contributed by atoms with E-state index >= 15 is 0 Å². The maximum absolute atomic E-state index is 12.4. The Morgan fingerprint density at radius 2 is 2.00 bits per heavy atom. The van der Waals surface area contributed by atoms with Crippen molar-refractivity contribution in [3.63, 3.8) is 0 Å². The first-order valence-corrected chi connectivity index (χ1v) is 6.67. The molecule has 21 heavy (non-hydrogen) atoms. The standard InChI is InChI=1S/C16H19N3O2/c1-16(11-17,14-5-3-4-10-18-14)19-15(20)12-6-8-13(21-2)9-7-12/h3-10H,11,17H2,1-2H3,(H,19,20). The van der Waals surface area contributed by atoms with Crippen LogP contribution in [0.5, 0.6) is 5.75 Å². The second-order valence-electron chi connectivity index (χ2n) is 4.93. The highest BCUT2D eigenvalue weighted by atomic mass is 16.5. The van der Waals surface area contributed by atoms with Crippen molar-refractivity contribution in [3.8, 4) is 5.75 Å². The van der Waals surface area contributed by atoms with Crippen molar-refractivity contribution in [3.05, 3.63) is 59.9 Å². The zero-order valence-corrected chi connectivity index (χ0v) is 12.2. The Kier molecular flexibility index (Phi) is 4.55. The van der Waals surface area contributed by atoms with E-state index in [9.17, 15) is 4.79 Å². The van der Waals surface area contributed by atoms with E-state index in [-0.39, 0.29) is 12.5 Å². The van der Waals surface area contributed by atoms with Crippen LogP contribution in [0.4, 0.5) is 0 Å². The molecule has 1 aromatic carbocycles. The summed E-state index contributed by atoms with van der Waals surface area (Å²) in [5, 5.41) is 2.95. The summed E-state index contributed by atoms with van der Waals surface area (Å²) in [6.07, 6.45) is 1.68. The van der Waals surface area contributed by atoms with Gasteiger partial charge in [0, 0.05) is 18.3 Å². The third-order valence-electron chi connectivity index (χ3n) is 3.38. The first kappa shape index (κ1) is 15.0. The monoisotopic (exact) mass is 285 g/mol. The number of hydrogen-bond donors (Lipinski definition) is 2. The van der Waals surface area contributed by atoms with E-state index in [1.807, 2.05) is 25.1 Å². The fourth-order valence-corrected chi connectivity index (χ4v) is 1.97. The van der Waals surface area contributed by atoms with Gasteiger partial charge in [-0.05, 0) is 43.3 Å². The third kappa shape index (κ3) is 3.38. The lowest BCUT2D eigenvalue weighted by molar-refractivity contribution is 0.0905. The predicted octanol–water partition coefficient (Wildman–Crippen LogP) is 1.69. The van der Waals surface area contributed by atoms with Crippen LogP contribution in [-0.4, -0.2) is 24.5 Å². The maximum Gasteiger partial charge on any atom is 0.252 e. The molecule has 1 heterocycles. The van der Waals surface area contributed by atoms with Crippen molar-refractivity contribution in [1.82, 2.24) is 10.3 Å². The molecular formula is C16H19N3O2. The highest BCUT2D eigenvalue weighted by Crippen LogP contribution is 2.18. The number of nitrogens with two attached hydrogens (primary N) is 1. The van der Waals surface area contributed by atoms with E-state index in [1.54, 1.807) is 37.6 Å². The summed E-state index contributed by atoms with van der Waals surface area (Å²) in [4.78, 5) is 16.6. The van der Waals surface area contributed by atoms with Gasteiger partial charge in [-0.3, -0.25) is 9.78 Å². The van der Waals surface area contributed by atoms with Crippen LogP contribution in [0.15, 0.2) is 48.7 Å². The number of aromatic nitrogens is 1. The van der Waals surface area contributed by atoms with Crippen molar-refractivity contribution in [1.29, 1.82) is 0 Å². The van der Waals surface area contributed by atoms with Crippen LogP contribution in [0.3, 0.4) is 0 Å². The molecule has 5 heteroatoms. The lowest BCUT2D eigenvalue weighted by Crippen LogP contribution is -2.49. The molecule has 0 fully saturated rings. The zero-order valence-electron chi connectivity index (χ0n) is 12.2. The Bertz CT molecular complexity index is 599. The molecular weight excluding hydrogens is 266 g/mol. The number of carbonyl (C=O) groups excluding carboxylic acids is 1. The first-order valence-electron chi connectivity index (χ1n) is 6.67. The van der Waals surface area contributed by atoms with Gasteiger partial charge in [0.2, 0.25) is 0 Å². The minimum absolute atomic E-state index is 0.198. The van der Waals surface area contributed by atoms with Gasteiger partial charge in [0.25, 0.3) is 5.91 Å². The summed E-state index contributed by atoms with van der Waals surface area (Å²) in [6.45, 7) is 2.11. The SMILES string of the molecule is COc1ccc(C(=O)NC(C)(CN)c2ccccn2)cc1. The minimum atomic E-state index is -0.710. The molecule has 1 atom stereocenters. The number of rotatable bonds is 5. The molecule has 3 N–H and O–H groups in total. The van der Waals surface area contributed by atoms with Crippen molar-refractivity contribution >= 4 is 5.91 Å². The van der Waals surface area contributed by atoms with Gasteiger partial charge >= 0.3 is 0 Å². The number of nitrogens with zero attached hydrogens (tertiary/aromatic N) is 1. The van der Waals surface area contributed by atoms with Gasteiger partial charge in [0.15, 0.2) is 0 Å². The van der Waals surface area contributed by atoms with Gasteiger partial charge < -0.3 is 15.8 Å². The summed E-state index contributed by atoms with van der Waals surface area (Å²) < 4.78 is 5.08. The van der Waals surface area contributed by atoms with Crippen molar-refractivity contribution in [2.24, 2.45) is 5.73 Å². The van der Waals surface area contributed by atoms with E-state index < -0.39 is 5.54 Å². The van der Waals surface area contributed by atoms with Crippen LogP contribution in [-0.2, 0) is 5.54 Å². The van der Waals surface area contributed by atoms with Gasteiger partial charge in [0.1, 0.15) is 5.75 Å². The van der Waals surface area contributed by atoms with Gasteiger partial charge in [-0.2, -0.15) is 0 Å². The van der Waals surface area contributed by atoms with Crippen LogP contribution >= 0.6 is 0 Å². The molecule has 1 aromatic heterocycles. The Balaban J connectivity index is 2.19. The Hall–Kier alpha value is -2.40. The van der Waals surface area contributed by atoms with E-state index in [1.165, 1.54) is 0 Å². The summed E-state index contributed by atoms with van der Waals surface area (Å²) >= 11 is 0. The number of nitrogens with one attached hydrogen (secondary N) is 1. The lowest BCUT2D eigenvalue weighted by atomic mass is 9.96. The van der Waals surface area contributed by atoms with Gasteiger partial charge in [-0.15, -0.1) is 0 Å². The highest BCUT2D eigenvalue weighted by molar-refractivity contribution is 5.94. The van der Waals surface area contributed by atoms with Crippen molar-refractivity contribution < 1.29 is 9.53 Å². The molecule has 2 rings (SSSR count). The third-order valence-corrected chi connectivity index (χ3v) is 3.38. The molecule has 1 unspecified atom stereocenters. The molecule has 0 saturated carbocycles. The summed E-state index contributed by atoms with van der Waals surface area (Å²) in [5.41, 5.74) is 6.40. The molecule has 0 bridgehead atoms. The fraction of sp³-hybridized carbons (Fsp3) is 0.250. The Morgan fingerprint density at radius 3 is 2.52 bits per heavy atom. The fourth-order valence-electron chi connectivity index (χ4n) is 1.97. The summed E-state index contributed by atoms with van der Waals surface area (Å²) in [5.74, 6) is 0.508. The van der Waals surface area contributed by atoms with E-state index in [0.717, 1.165) is 5.69 Å². The normalized spacial score (nSPS) is 13.3. The average molecular weight is 285 g/mol. The second kappa shape index (κ2) is 6.37. The number of benzene rings is 1. The van der Waals surface area contributed by atoms with Crippen LogP contribution in [0.25, 0.3) is 0 Å². The Morgan fingerprint density at radius 1 is 1.29 bits per heavy atom. The molecule has 2 aromatic rings. The predicted molar refractivity (Wildman–Crippen MR) is 81.1 cm³/mol. The number of carbonyl (C=O) groups is 1. The molecule has 110 valence electrons. The number of pyridine rings is 1. The van der Waals surface area contributed by atoms with Crippen LogP contribution in [0.1, 0.15) is 23.0 Å². The summed E-state index contributed by atoms with van der Waals surface area (Å²) in [7, 11) is 1.58. The molecule has 0 saturated heterocycles. The lowest BCUT2D eigenvalue weighted by Gasteiger charge is -2.28. The topological polar surface area (TPSA) is 77.2 Å². The van der Waals surface area contributed by atoms with Crippen LogP contribution in [0, 0.1) is 0 Å². The quantitative estimate of drug-likeness (QED) is 0.876. The van der Waals surface area contributed by atoms with Crippen molar-refractivity contribution in [2.75, 3.05) is 13.7 Å². The number of methoxy groups -OCH3 is 1. The van der Waals surface area contributed by atoms with E-state index in [2.05, 4.69) is 10.3 Å². The molecule has 0 spiro atoms. The van der Waals surface area contributed by atoms with Crippen molar-refractivity contribution in [2.45, 2.75) is 12.5 Å². The van der Waals surface area contributed by atoms with Crippen LogP contribution in [0.2, 0.25) is 0 Å². The zero-order chi connectivity index (χ0) is 15.3. The molecule has 0 aliphatic heterocycles. The van der Waals surface area contributed by atoms with Gasteiger partial charge in [-0.25, -0.2) is 0 Å². The van der Waals surface area contributed by atoms with Gasteiger partial charge in [-0.1, -0.05) is 6.07 Å². The Labute approximate surface area is 124 Å². The molecule has 0 aliphatic carbocycles. The van der Waals surface area contributed by atoms with Crippen LogP contribution < -0.4 is 15.8 Å². The molecule has 5 nitrogen and oxygen atoms in total. The molecule has 1 amide bonds. The maximum atomic E-state index is 12.4. The average Bonchev–Trinajstić information content (AvgIpc) is 2.55. The minimum Gasteiger partial charge on any atom is -0.497 e. The first-order chi connectivity index (χ1) is 10.1. The number of hydrogen-bond acceptors (Lipinski definition) is 4. The largest absolute Gasteiger partial charge is 0.497 e. The summed E-state index contributed by atoms with van der Waals surface area (Å²) in [6, 6.07) is 12.5. The molecule has 0 aliphatic rings. The van der Waals surface area contributed by atoms with E-state index in [0.29, 0.717) is 11.3 Å². The highest BCUT2D eigenvalue weighted by Gasteiger charge is 2.28. The smallest absolute Gasteiger partial charge is 0.252 e. The van der Waals surface area contributed by atoms with Gasteiger partial charge in [0.05, 0.1) is 18.3 Å². The second-order valence-corrected chi connectivity index (χ2v) is 4.93. The van der Waals surface area contributed by atoms with E-state index in [4.69, 9.17) is 10.5 Å². The number of ether oxygens (including phenoxy) is 1. The number of amides is 1. The molecule has 0 radical (unpaired) electrons.